The highest BCUT2D eigenvalue weighted by Crippen LogP contribution is 2.27. The van der Waals surface area contributed by atoms with Gasteiger partial charge in [-0.15, -0.1) is 0 Å². The van der Waals surface area contributed by atoms with Crippen LogP contribution < -0.4 is 11.1 Å². The molecule has 0 unspecified atom stereocenters. The van der Waals surface area contributed by atoms with Gasteiger partial charge in [0, 0.05) is 11.9 Å². The Balaban J connectivity index is 1.44. The molecule has 4 N–H and O–H groups in total. The van der Waals surface area contributed by atoms with Crippen molar-refractivity contribution in [3.63, 3.8) is 0 Å². The minimum atomic E-state index is 0.327. The third-order valence-corrected chi connectivity index (χ3v) is 4.48. The van der Waals surface area contributed by atoms with Crippen molar-refractivity contribution in [3.05, 3.63) is 59.5 Å². The third-order valence-electron chi connectivity index (χ3n) is 4.48. The molecule has 0 atom stereocenters. The number of H-pyrrole nitrogens is 1. The Kier molecular flexibility index (Phi) is 4.59. The number of nitrogens with zero attached hydrogens (tertiary/aromatic N) is 4. The number of nitrogens with one attached hydrogen (secondary N) is 2. The predicted octanol–water partition coefficient (Wildman–Crippen LogP) is 2.67. The molecule has 0 aliphatic heterocycles. The number of aryl methyl sites for hydroxylation is 1. The van der Waals surface area contributed by atoms with Gasteiger partial charge in [0.15, 0.2) is 11.8 Å². The van der Waals surface area contributed by atoms with Crippen molar-refractivity contribution in [2.45, 2.75) is 32.2 Å². The Morgan fingerprint density at radius 2 is 2.08 bits per heavy atom. The maximum absolute atomic E-state index is 6.07. The number of benzene rings is 1. The highest BCUT2D eigenvalue weighted by atomic mass is 15.2. The first kappa shape index (κ1) is 16.3. The van der Waals surface area contributed by atoms with Gasteiger partial charge in [0.05, 0.1) is 0 Å². The molecule has 1 aromatic carbocycles. The van der Waals surface area contributed by atoms with Gasteiger partial charge in [0.25, 0.3) is 0 Å². The number of pyridine rings is 1. The van der Waals surface area contributed by atoms with E-state index in [4.69, 9.17) is 5.73 Å². The Morgan fingerprint density at radius 3 is 2.96 bits per heavy atom. The summed E-state index contributed by atoms with van der Waals surface area (Å²) in [5, 5.41) is 10.3. The van der Waals surface area contributed by atoms with Crippen LogP contribution in [-0.2, 0) is 19.4 Å². The van der Waals surface area contributed by atoms with E-state index in [1.54, 1.807) is 6.20 Å². The molecule has 2 aromatic heterocycles. The van der Waals surface area contributed by atoms with Gasteiger partial charge in [0.1, 0.15) is 18.1 Å². The van der Waals surface area contributed by atoms with Gasteiger partial charge in [-0.3, -0.25) is 10.1 Å². The summed E-state index contributed by atoms with van der Waals surface area (Å²) in [5.74, 6) is 1.57. The summed E-state index contributed by atoms with van der Waals surface area (Å²) in [7, 11) is 0. The molecule has 0 fully saturated rings. The molecule has 132 valence electrons. The van der Waals surface area contributed by atoms with Crippen molar-refractivity contribution in [1.82, 2.24) is 20.2 Å². The summed E-state index contributed by atoms with van der Waals surface area (Å²) in [4.78, 5) is 13.0. The van der Waals surface area contributed by atoms with E-state index < -0.39 is 0 Å². The fraction of sp³-hybridized carbons (Fsp3) is 0.263. The topological polar surface area (TPSA) is 105 Å². The molecule has 7 nitrogen and oxygen atoms in total. The second kappa shape index (κ2) is 7.35. The molecule has 0 saturated heterocycles. The van der Waals surface area contributed by atoms with Crippen LogP contribution in [-0.4, -0.2) is 26.1 Å². The Labute approximate surface area is 151 Å². The molecule has 0 amide bonds. The summed E-state index contributed by atoms with van der Waals surface area (Å²) >= 11 is 0. The van der Waals surface area contributed by atoms with Gasteiger partial charge < -0.3 is 11.1 Å². The molecule has 3 aromatic rings. The smallest absolute Gasteiger partial charge is 0.199 e. The fourth-order valence-corrected chi connectivity index (χ4v) is 3.21. The van der Waals surface area contributed by atoms with Crippen LogP contribution in [0.3, 0.4) is 0 Å². The number of hydrogen-bond acceptors (Lipinski definition) is 4. The van der Waals surface area contributed by atoms with Crippen LogP contribution in [0.5, 0.6) is 0 Å². The maximum atomic E-state index is 6.07. The summed E-state index contributed by atoms with van der Waals surface area (Å²) in [6.07, 6.45) is 6.41. The van der Waals surface area contributed by atoms with Crippen LogP contribution in [0.4, 0.5) is 5.69 Å². The molecule has 26 heavy (non-hydrogen) atoms. The van der Waals surface area contributed by atoms with Gasteiger partial charge in [0.2, 0.25) is 0 Å². The van der Waals surface area contributed by atoms with Crippen molar-refractivity contribution < 1.29 is 0 Å². The zero-order valence-electron chi connectivity index (χ0n) is 14.4. The number of anilines is 1. The summed E-state index contributed by atoms with van der Waals surface area (Å²) in [6.45, 7) is 0.327. The molecular weight excluding hydrogens is 326 g/mol. The van der Waals surface area contributed by atoms with Gasteiger partial charge >= 0.3 is 0 Å². The highest BCUT2D eigenvalue weighted by molar-refractivity contribution is 5.93. The van der Waals surface area contributed by atoms with Gasteiger partial charge in [-0.05, 0) is 55.0 Å². The second-order valence-corrected chi connectivity index (χ2v) is 6.30. The van der Waals surface area contributed by atoms with Gasteiger partial charge in [-0.25, -0.2) is 9.98 Å². The number of aliphatic imine (C=N–C) groups is 1. The molecule has 4 rings (SSSR count). The monoisotopic (exact) mass is 347 g/mol. The van der Waals surface area contributed by atoms with Crippen molar-refractivity contribution in [1.29, 1.82) is 0 Å². The lowest BCUT2D eigenvalue weighted by atomic mass is 9.90. The van der Waals surface area contributed by atoms with E-state index in [9.17, 15) is 0 Å². The molecule has 0 bridgehead atoms. The number of nitrogens with two attached hydrogens (primary N) is 1. The normalized spacial score (nSPS) is 14.1. The van der Waals surface area contributed by atoms with E-state index in [1.165, 1.54) is 24.0 Å². The number of guanidine groups is 1. The number of hydrogen-bond donors (Lipinski definition) is 3. The zero-order chi connectivity index (χ0) is 17.8. The number of aromatic amines is 1. The molecule has 1 aliphatic carbocycles. The fourth-order valence-electron chi connectivity index (χ4n) is 3.21. The Morgan fingerprint density at radius 1 is 1.15 bits per heavy atom. The lowest BCUT2D eigenvalue weighted by Gasteiger charge is -2.19. The van der Waals surface area contributed by atoms with E-state index >= 15 is 0 Å². The minimum Gasteiger partial charge on any atom is -0.370 e. The molecule has 0 spiro atoms. The predicted molar refractivity (Wildman–Crippen MR) is 102 cm³/mol. The molecule has 1 aliphatic rings. The number of rotatable bonds is 4. The van der Waals surface area contributed by atoms with Crippen LogP contribution in [0.25, 0.3) is 11.5 Å². The van der Waals surface area contributed by atoms with E-state index in [-0.39, 0.29) is 0 Å². The lowest BCUT2D eigenvalue weighted by Crippen LogP contribution is -2.24. The quantitative estimate of drug-likeness (QED) is 0.497. The second-order valence-electron chi connectivity index (χ2n) is 6.30. The highest BCUT2D eigenvalue weighted by Gasteiger charge is 2.13. The van der Waals surface area contributed by atoms with Crippen molar-refractivity contribution in [2.75, 3.05) is 5.32 Å². The first-order valence-corrected chi connectivity index (χ1v) is 8.80. The average Bonchev–Trinajstić information content (AvgIpc) is 3.17. The third kappa shape index (κ3) is 3.56. The molecule has 2 heterocycles. The molecular formula is C19H21N7. The maximum Gasteiger partial charge on any atom is 0.199 e. The van der Waals surface area contributed by atoms with E-state index in [0.717, 1.165) is 24.2 Å². The van der Waals surface area contributed by atoms with Gasteiger partial charge in [-0.1, -0.05) is 18.2 Å². The van der Waals surface area contributed by atoms with E-state index in [2.05, 4.69) is 48.7 Å². The van der Waals surface area contributed by atoms with E-state index in [1.807, 2.05) is 18.2 Å². The van der Waals surface area contributed by atoms with Gasteiger partial charge in [-0.2, -0.15) is 5.10 Å². The SMILES string of the molecule is NC(=NCc1nc(-c2ccccn2)n[nH]1)Nc1cccc2c1CCCC2. The average molecular weight is 347 g/mol. The van der Waals surface area contributed by atoms with Crippen molar-refractivity contribution in [2.24, 2.45) is 10.7 Å². The Hall–Kier alpha value is -3.22. The van der Waals surface area contributed by atoms with Crippen LogP contribution in [0.15, 0.2) is 47.6 Å². The molecule has 7 heteroatoms. The van der Waals surface area contributed by atoms with E-state index in [0.29, 0.717) is 24.2 Å². The first-order valence-electron chi connectivity index (χ1n) is 8.80. The zero-order valence-corrected chi connectivity index (χ0v) is 14.4. The number of aromatic nitrogens is 4. The summed E-state index contributed by atoms with van der Waals surface area (Å²) in [5.41, 5.74) is 10.6. The van der Waals surface area contributed by atoms with Crippen LogP contribution in [0.2, 0.25) is 0 Å². The standard InChI is InChI=1S/C19H21N7/c20-19(23-15-10-5-7-13-6-1-2-8-14(13)15)22-12-17-24-18(26-25-17)16-9-3-4-11-21-16/h3-5,7,9-11H,1-2,6,8,12H2,(H3,20,22,23)(H,24,25,26). The van der Waals surface area contributed by atoms with Crippen LogP contribution in [0, 0.1) is 0 Å². The van der Waals surface area contributed by atoms with Crippen molar-refractivity contribution in [3.8, 4) is 11.5 Å². The lowest BCUT2D eigenvalue weighted by molar-refractivity contribution is 0.687. The minimum absolute atomic E-state index is 0.327. The number of fused-ring (bicyclic) bond motifs is 1. The summed E-state index contributed by atoms with van der Waals surface area (Å²) < 4.78 is 0. The van der Waals surface area contributed by atoms with Crippen LogP contribution >= 0.6 is 0 Å². The summed E-state index contributed by atoms with van der Waals surface area (Å²) in [6, 6.07) is 11.9. The van der Waals surface area contributed by atoms with Crippen molar-refractivity contribution >= 4 is 11.6 Å². The molecule has 0 radical (unpaired) electrons. The van der Waals surface area contributed by atoms with Crippen LogP contribution in [0.1, 0.15) is 29.8 Å². The first-order chi connectivity index (χ1) is 12.8. The largest absolute Gasteiger partial charge is 0.370 e. The molecule has 0 saturated carbocycles. The Bertz CT molecular complexity index is 915.